The fraction of sp³-hybridized carbons (Fsp3) is 0.111. The average molecular weight is 403 g/mol. The number of hydrogen-bond donors (Lipinski definition) is 0. The molecule has 0 aliphatic rings. The smallest absolute Gasteiger partial charge is 0.238 e. The van der Waals surface area contributed by atoms with Gasteiger partial charge in [-0.15, -0.1) is 0 Å². The zero-order chi connectivity index (χ0) is 21.5. The molecule has 2 aromatic heterocycles. The molecule has 0 saturated heterocycles. The van der Waals surface area contributed by atoms with Gasteiger partial charge in [-0.25, -0.2) is 9.41 Å². The molecule has 0 fully saturated rings. The highest BCUT2D eigenvalue weighted by molar-refractivity contribution is 5.80. The second-order valence-electron chi connectivity index (χ2n) is 7.85. The Morgan fingerprint density at radius 1 is 0.871 bits per heavy atom. The van der Waals surface area contributed by atoms with Crippen LogP contribution in [0.2, 0.25) is 0 Å². The number of pyridine rings is 1. The number of para-hydroxylation sites is 2. The minimum atomic E-state index is 0.602. The molecule has 4 heteroatoms. The zero-order valence-electron chi connectivity index (χ0n) is 17.8. The van der Waals surface area contributed by atoms with Crippen LogP contribution in [0.1, 0.15) is 11.3 Å². The van der Waals surface area contributed by atoms with Gasteiger partial charge in [0.15, 0.2) is 16.9 Å². The lowest BCUT2D eigenvalue weighted by atomic mass is 10.0. The first kappa shape index (κ1) is 18.9. The molecular weight excluding hydrogens is 380 g/mol. The first-order valence-corrected chi connectivity index (χ1v) is 10.3. The molecule has 0 aliphatic carbocycles. The molecule has 0 unspecified atom stereocenters. The largest absolute Gasteiger partial charge is 0.329 e. The third kappa shape index (κ3) is 3.12. The van der Waals surface area contributed by atoms with Crippen molar-refractivity contribution in [3.8, 4) is 17.1 Å². The van der Waals surface area contributed by atoms with Crippen LogP contribution in [0, 0.1) is 20.4 Å². The van der Waals surface area contributed by atoms with Crippen LogP contribution < -0.4 is 9.13 Å². The topological polar surface area (TPSA) is 25.0 Å². The van der Waals surface area contributed by atoms with Crippen molar-refractivity contribution in [2.24, 2.45) is 7.05 Å². The van der Waals surface area contributed by atoms with E-state index in [-0.39, 0.29) is 0 Å². The molecule has 2 heterocycles. The normalized spacial score (nSPS) is 11.0. The van der Waals surface area contributed by atoms with Crippen LogP contribution in [0.3, 0.4) is 0 Å². The minimum absolute atomic E-state index is 0.602. The van der Waals surface area contributed by atoms with Crippen molar-refractivity contribution in [2.75, 3.05) is 0 Å². The summed E-state index contributed by atoms with van der Waals surface area (Å²) in [6.45, 7) is 11.9. The van der Waals surface area contributed by atoms with Crippen molar-refractivity contribution in [3.63, 3.8) is 0 Å². The summed E-state index contributed by atoms with van der Waals surface area (Å²) in [5.41, 5.74) is 6.85. The van der Waals surface area contributed by atoms with E-state index >= 15 is 0 Å². The van der Waals surface area contributed by atoms with Gasteiger partial charge in [0.25, 0.3) is 0 Å². The fourth-order valence-electron chi connectivity index (χ4n) is 4.25. The molecule has 4 nitrogen and oxygen atoms in total. The van der Waals surface area contributed by atoms with Crippen LogP contribution in [-0.4, -0.2) is 4.98 Å². The second-order valence-corrected chi connectivity index (χ2v) is 7.85. The standard InChI is InChI=1S/C27H22N4/c1-18-13-14-20-9-6-8-12-25(20)31(18)26-16-22(28-3)15-23(19(26)2)27-29-24-11-7-5-10-21(24)17-30(27)4/h5-17H,1-2,4H3/q+2. The third-order valence-electron chi connectivity index (χ3n) is 5.84. The van der Waals surface area contributed by atoms with E-state index in [0.717, 1.165) is 50.1 Å². The van der Waals surface area contributed by atoms with E-state index < -0.39 is 0 Å². The predicted octanol–water partition coefficient (Wildman–Crippen LogP) is 5.32. The van der Waals surface area contributed by atoms with Crippen molar-refractivity contribution >= 4 is 27.5 Å². The summed E-state index contributed by atoms with van der Waals surface area (Å²) in [5, 5.41) is 2.25. The van der Waals surface area contributed by atoms with Gasteiger partial charge in [-0.3, -0.25) is 0 Å². The van der Waals surface area contributed by atoms with Crippen LogP contribution in [0.25, 0.3) is 43.7 Å². The molecule has 5 rings (SSSR count). The SMILES string of the molecule is [C-]#[N+]c1cc(-c2nc3ccccc3c[n+]2C)c(C)c(-[n+]2c(C)ccc3ccccc32)c1. The molecule has 0 aliphatic heterocycles. The maximum absolute atomic E-state index is 7.72. The molecule has 0 amide bonds. The fourth-order valence-corrected chi connectivity index (χ4v) is 4.25. The van der Waals surface area contributed by atoms with Gasteiger partial charge in [-0.2, -0.15) is 4.57 Å². The van der Waals surface area contributed by atoms with Crippen LogP contribution in [0.4, 0.5) is 5.69 Å². The quantitative estimate of drug-likeness (QED) is 0.290. The maximum Gasteiger partial charge on any atom is 0.329 e. The van der Waals surface area contributed by atoms with E-state index in [1.807, 2.05) is 41.9 Å². The van der Waals surface area contributed by atoms with E-state index in [4.69, 9.17) is 11.6 Å². The number of fused-ring (bicyclic) bond motifs is 2. The van der Waals surface area contributed by atoms with Crippen molar-refractivity contribution < 1.29 is 9.13 Å². The average Bonchev–Trinajstić information content (AvgIpc) is 2.79. The Morgan fingerprint density at radius 2 is 1.61 bits per heavy atom. The first-order chi connectivity index (χ1) is 15.1. The van der Waals surface area contributed by atoms with Gasteiger partial charge in [0.05, 0.1) is 24.6 Å². The number of rotatable bonds is 2. The Hall–Kier alpha value is -4.10. The second kappa shape index (κ2) is 7.30. The van der Waals surface area contributed by atoms with Crippen molar-refractivity contribution in [2.45, 2.75) is 13.8 Å². The molecule has 0 atom stereocenters. The minimum Gasteiger partial charge on any atom is -0.238 e. The van der Waals surface area contributed by atoms with E-state index in [1.54, 1.807) is 0 Å². The molecule has 3 aromatic carbocycles. The van der Waals surface area contributed by atoms with Gasteiger partial charge in [-0.05, 0) is 42.2 Å². The van der Waals surface area contributed by atoms with Crippen LogP contribution in [0.15, 0.2) is 79.0 Å². The first-order valence-electron chi connectivity index (χ1n) is 10.3. The highest BCUT2D eigenvalue weighted by Gasteiger charge is 2.26. The number of nitrogens with zero attached hydrogens (tertiary/aromatic N) is 4. The molecule has 148 valence electrons. The molecule has 0 saturated carbocycles. The van der Waals surface area contributed by atoms with Crippen molar-refractivity contribution in [1.29, 1.82) is 0 Å². The van der Waals surface area contributed by atoms with Gasteiger partial charge in [0.2, 0.25) is 11.2 Å². The predicted molar refractivity (Wildman–Crippen MR) is 123 cm³/mol. The van der Waals surface area contributed by atoms with Crippen LogP contribution in [-0.2, 0) is 7.05 Å². The summed E-state index contributed by atoms with van der Waals surface area (Å²) in [4.78, 5) is 8.74. The lowest BCUT2D eigenvalue weighted by Crippen LogP contribution is -2.37. The van der Waals surface area contributed by atoms with E-state index in [9.17, 15) is 0 Å². The number of hydrogen-bond acceptors (Lipinski definition) is 1. The summed E-state index contributed by atoms with van der Waals surface area (Å²) in [6.07, 6.45) is 2.09. The lowest BCUT2D eigenvalue weighted by Gasteiger charge is -2.10. The Morgan fingerprint density at radius 3 is 2.42 bits per heavy atom. The Balaban J connectivity index is 1.85. The summed E-state index contributed by atoms with van der Waals surface area (Å²) in [7, 11) is 2.01. The Bertz CT molecular complexity index is 1530. The summed E-state index contributed by atoms with van der Waals surface area (Å²) < 4.78 is 4.28. The summed E-state index contributed by atoms with van der Waals surface area (Å²) >= 11 is 0. The lowest BCUT2D eigenvalue weighted by molar-refractivity contribution is -0.661. The van der Waals surface area contributed by atoms with Crippen molar-refractivity contribution in [3.05, 3.63) is 102 Å². The van der Waals surface area contributed by atoms with Gasteiger partial charge in [-0.1, -0.05) is 24.3 Å². The molecule has 5 aromatic rings. The molecule has 0 bridgehead atoms. The zero-order valence-corrected chi connectivity index (χ0v) is 17.8. The number of aromatic nitrogens is 3. The molecular formula is C27H22N4+2. The molecule has 31 heavy (non-hydrogen) atoms. The number of aryl methyl sites for hydroxylation is 2. The van der Waals surface area contributed by atoms with E-state index in [0.29, 0.717) is 5.69 Å². The van der Waals surface area contributed by atoms with Gasteiger partial charge < -0.3 is 0 Å². The number of benzene rings is 3. The Labute approximate surface area is 181 Å². The maximum atomic E-state index is 7.72. The van der Waals surface area contributed by atoms with E-state index in [2.05, 4.69) is 71.9 Å². The highest BCUT2D eigenvalue weighted by Crippen LogP contribution is 2.30. The molecule has 0 radical (unpaired) electrons. The van der Waals surface area contributed by atoms with E-state index in [1.165, 1.54) is 0 Å². The summed E-state index contributed by atoms with van der Waals surface area (Å²) in [5.74, 6) is 0.849. The van der Waals surface area contributed by atoms with Gasteiger partial charge >= 0.3 is 5.82 Å². The molecule has 0 spiro atoms. The van der Waals surface area contributed by atoms with Crippen LogP contribution >= 0.6 is 0 Å². The molecule has 0 N–H and O–H groups in total. The Kier molecular flexibility index (Phi) is 4.45. The van der Waals surface area contributed by atoms with Crippen molar-refractivity contribution in [1.82, 2.24) is 4.98 Å². The van der Waals surface area contributed by atoms with Gasteiger partial charge in [0.1, 0.15) is 6.20 Å². The van der Waals surface area contributed by atoms with Gasteiger partial charge in [0, 0.05) is 36.1 Å². The summed E-state index contributed by atoms with van der Waals surface area (Å²) in [6, 6.07) is 24.7. The highest BCUT2D eigenvalue weighted by atomic mass is 15.0. The van der Waals surface area contributed by atoms with Crippen LogP contribution in [0.5, 0.6) is 0 Å². The third-order valence-corrected chi connectivity index (χ3v) is 5.84. The monoisotopic (exact) mass is 402 g/mol.